The zero-order valence-electron chi connectivity index (χ0n) is 16.1. The Morgan fingerprint density at radius 3 is 2.30 bits per heavy atom. The Morgan fingerprint density at radius 1 is 1.10 bits per heavy atom. The Labute approximate surface area is 173 Å². The SMILES string of the molecule is COC(=O)C1=C(C)N=c2sc(=Cc3ccc(F)cc3)c(=O)n2C1c1ccc(F)cc1. The molecular formula is C22H16F2N2O3S. The standard InChI is InChI=1S/C22H16F2N2O3S/c1-12-18(21(28)29-2)19(14-5-9-16(24)10-6-14)26-20(27)17(30-22(26)25-12)11-13-3-7-15(23)8-4-13/h3-11,19H,1-2H3. The number of aromatic nitrogens is 1. The number of fused-ring (bicyclic) bond motifs is 1. The summed E-state index contributed by atoms with van der Waals surface area (Å²) < 4.78 is 33.4. The Balaban J connectivity index is 1.96. The highest BCUT2D eigenvalue weighted by atomic mass is 32.1. The third-order valence-electron chi connectivity index (χ3n) is 4.78. The molecule has 2 heterocycles. The lowest BCUT2D eigenvalue weighted by molar-refractivity contribution is -0.136. The van der Waals surface area contributed by atoms with Gasteiger partial charge in [-0.2, -0.15) is 0 Å². The normalized spacial score (nSPS) is 16.3. The van der Waals surface area contributed by atoms with Crippen LogP contribution in [0.3, 0.4) is 0 Å². The van der Waals surface area contributed by atoms with E-state index >= 15 is 0 Å². The Morgan fingerprint density at radius 2 is 1.70 bits per heavy atom. The third kappa shape index (κ3) is 3.50. The average molecular weight is 426 g/mol. The molecule has 1 unspecified atom stereocenters. The number of allylic oxidation sites excluding steroid dienone is 1. The lowest BCUT2D eigenvalue weighted by Gasteiger charge is -2.24. The predicted molar refractivity (Wildman–Crippen MR) is 109 cm³/mol. The molecule has 1 aromatic heterocycles. The van der Waals surface area contributed by atoms with Crippen LogP contribution in [0.5, 0.6) is 0 Å². The van der Waals surface area contributed by atoms with Crippen LogP contribution >= 0.6 is 11.3 Å². The molecule has 1 atom stereocenters. The maximum absolute atomic E-state index is 13.5. The monoisotopic (exact) mass is 426 g/mol. The van der Waals surface area contributed by atoms with Crippen LogP contribution < -0.4 is 14.9 Å². The van der Waals surface area contributed by atoms with Crippen LogP contribution in [0, 0.1) is 11.6 Å². The highest BCUT2D eigenvalue weighted by Gasteiger charge is 2.33. The Bertz CT molecular complexity index is 1340. The van der Waals surface area contributed by atoms with Gasteiger partial charge in [0.2, 0.25) is 0 Å². The quantitative estimate of drug-likeness (QED) is 0.605. The fraction of sp³-hybridized carbons (Fsp3) is 0.136. The van der Waals surface area contributed by atoms with Crippen molar-refractivity contribution in [3.05, 3.63) is 102 Å². The average Bonchev–Trinajstić information content (AvgIpc) is 3.03. The highest BCUT2D eigenvalue weighted by Crippen LogP contribution is 2.30. The molecule has 1 aliphatic heterocycles. The number of rotatable bonds is 3. The van der Waals surface area contributed by atoms with Crippen LogP contribution in [0.2, 0.25) is 0 Å². The first-order chi connectivity index (χ1) is 14.4. The van der Waals surface area contributed by atoms with Crippen molar-refractivity contribution in [1.82, 2.24) is 4.57 Å². The number of carbonyl (C=O) groups excluding carboxylic acids is 1. The van der Waals surface area contributed by atoms with E-state index in [1.807, 2.05) is 0 Å². The molecule has 0 bridgehead atoms. The number of hydrogen-bond donors (Lipinski definition) is 0. The van der Waals surface area contributed by atoms with Gasteiger partial charge in [-0.05, 0) is 48.4 Å². The van der Waals surface area contributed by atoms with Crippen LogP contribution in [-0.2, 0) is 9.53 Å². The molecule has 0 saturated heterocycles. The van der Waals surface area contributed by atoms with Gasteiger partial charge in [0, 0.05) is 0 Å². The van der Waals surface area contributed by atoms with E-state index < -0.39 is 17.8 Å². The van der Waals surface area contributed by atoms with Gasteiger partial charge in [0.25, 0.3) is 5.56 Å². The number of ether oxygens (including phenoxy) is 1. The van der Waals surface area contributed by atoms with E-state index in [0.717, 1.165) is 11.3 Å². The molecule has 0 N–H and O–H groups in total. The molecule has 30 heavy (non-hydrogen) atoms. The number of nitrogens with zero attached hydrogens (tertiary/aromatic N) is 2. The summed E-state index contributed by atoms with van der Waals surface area (Å²) in [5.74, 6) is -1.41. The molecule has 0 saturated carbocycles. The summed E-state index contributed by atoms with van der Waals surface area (Å²) in [7, 11) is 1.25. The van der Waals surface area contributed by atoms with E-state index in [4.69, 9.17) is 4.74 Å². The van der Waals surface area contributed by atoms with Gasteiger partial charge in [0.05, 0.1) is 29.0 Å². The van der Waals surface area contributed by atoms with E-state index in [2.05, 4.69) is 4.99 Å². The zero-order valence-corrected chi connectivity index (χ0v) is 16.9. The molecule has 0 fully saturated rings. The van der Waals surface area contributed by atoms with Crippen molar-refractivity contribution in [2.45, 2.75) is 13.0 Å². The Kier molecular flexibility index (Phi) is 5.17. The van der Waals surface area contributed by atoms with E-state index in [1.165, 1.54) is 48.1 Å². The fourth-order valence-electron chi connectivity index (χ4n) is 3.36. The second-order valence-electron chi connectivity index (χ2n) is 6.68. The first kappa shape index (κ1) is 19.9. The highest BCUT2D eigenvalue weighted by molar-refractivity contribution is 7.07. The maximum Gasteiger partial charge on any atom is 0.338 e. The van der Waals surface area contributed by atoms with Crippen molar-refractivity contribution in [1.29, 1.82) is 0 Å². The molecule has 0 amide bonds. The summed E-state index contributed by atoms with van der Waals surface area (Å²) in [5, 5.41) is 0. The van der Waals surface area contributed by atoms with Gasteiger partial charge in [-0.3, -0.25) is 9.36 Å². The fourth-order valence-corrected chi connectivity index (χ4v) is 4.41. The molecular weight excluding hydrogens is 410 g/mol. The maximum atomic E-state index is 13.5. The molecule has 5 nitrogen and oxygen atoms in total. The molecule has 1 aliphatic rings. The van der Waals surface area contributed by atoms with Crippen LogP contribution in [0.15, 0.2) is 69.6 Å². The lowest BCUT2D eigenvalue weighted by atomic mass is 9.96. The van der Waals surface area contributed by atoms with Gasteiger partial charge in [-0.1, -0.05) is 35.6 Å². The second-order valence-corrected chi connectivity index (χ2v) is 7.69. The van der Waals surface area contributed by atoms with Crippen molar-refractivity contribution in [2.75, 3.05) is 7.11 Å². The van der Waals surface area contributed by atoms with E-state index in [9.17, 15) is 18.4 Å². The Hall–Kier alpha value is -3.39. The van der Waals surface area contributed by atoms with Gasteiger partial charge >= 0.3 is 5.97 Å². The topological polar surface area (TPSA) is 60.7 Å². The number of carbonyl (C=O) groups is 1. The van der Waals surface area contributed by atoms with Crippen molar-refractivity contribution in [3.63, 3.8) is 0 Å². The number of thiazole rings is 1. The third-order valence-corrected chi connectivity index (χ3v) is 5.76. The number of esters is 1. The van der Waals surface area contributed by atoms with Crippen molar-refractivity contribution >= 4 is 23.4 Å². The van der Waals surface area contributed by atoms with Crippen LogP contribution in [0.4, 0.5) is 8.78 Å². The van der Waals surface area contributed by atoms with E-state index in [1.54, 1.807) is 25.1 Å². The van der Waals surface area contributed by atoms with Crippen LogP contribution in [-0.4, -0.2) is 17.6 Å². The van der Waals surface area contributed by atoms with Crippen molar-refractivity contribution in [3.8, 4) is 0 Å². The molecule has 0 spiro atoms. The van der Waals surface area contributed by atoms with E-state index in [0.29, 0.717) is 26.2 Å². The van der Waals surface area contributed by atoms with Gasteiger partial charge in [-0.25, -0.2) is 18.6 Å². The van der Waals surface area contributed by atoms with Crippen molar-refractivity contribution in [2.24, 2.45) is 4.99 Å². The molecule has 8 heteroatoms. The van der Waals surface area contributed by atoms with Crippen molar-refractivity contribution < 1.29 is 18.3 Å². The zero-order chi connectivity index (χ0) is 21.4. The van der Waals surface area contributed by atoms with Gasteiger partial charge < -0.3 is 4.74 Å². The molecule has 0 radical (unpaired) electrons. The minimum atomic E-state index is -0.801. The smallest absolute Gasteiger partial charge is 0.338 e. The number of benzene rings is 2. The first-order valence-corrected chi connectivity index (χ1v) is 9.82. The minimum Gasteiger partial charge on any atom is -0.466 e. The number of methoxy groups -OCH3 is 1. The van der Waals surface area contributed by atoms with Crippen LogP contribution in [0.1, 0.15) is 24.1 Å². The van der Waals surface area contributed by atoms with Crippen LogP contribution in [0.25, 0.3) is 6.08 Å². The molecule has 4 rings (SSSR count). The largest absolute Gasteiger partial charge is 0.466 e. The van der Waals surface area contributed by atoms with Gasteiger partial charge in [0.1, 0.15) is 11.6 Å². The summed E-state index contributed by atoms with van der Waals surface area (Å²) in [6.07, 6.45) is 1.64. The number of halogens is 2. The van der Waals surface area contributed by atoms with Gasteiger partial charge in [0.15, 0.2) is 4.80 Å². The lowest BCUT2D eigenvalue weighted by Crippen LogP contribution is -2.39. The minimum absolute atomic E-state index is 0.213. The summed E-state index contributed by atoms with van der Waals surface area (Å²) in [4.78, 5) is 30.6. The van der Waals surface area contributed by atoms with Gasteiger partial charge in [-0.15, -0.1) is 0 Å². The summed E-state index contributed by atoms with van der Waals surface area (Å²) in [5.41, 5.74) is 1.49. The summed E-state index contributed by atoms with van der Waals surface area (Å²) in [6, 6.07) is 10.5. The first-order valence-electron chi connectivity index (χ1n) is 9.01. The molecule has 2 aromatic carbocycles. The van der Waals surface area contributed by atoms with E-state index in [-0.39, 0.29) is 16.9 Å². The second kappa shape index (κ2) is 7.79. The number of hydrogen-bond acceptors (Lipinski definition) is 5. The summed E-state index contributed by atoms with van der Waals surface area (Å²) in [6.45, 7) is 1.67. The molecule has 152 valence electrons. The molecule has 3 aromatic rings. The molecule has 0 aliphatic carbocycles. The summed E-state index contributed by atoms with van der Waals surface area (Å²) >= 11 is 1.16. The predicted octanol–water partition coefficient (Wildman–Crippen LogP) is 2.69.